The molecule has 1 N–H and O–H groups in total. The summed E-state index contributed by atoms with van der Waals surface area (Å²) < 4.78 is 13.5. The molecule has 0 radical (unpaired) electrons. The van der Waals surface area contributed by atoms with Crippen LogP contribution in [0.25, 0.3) is 5.69 Å². The number of benzene rings is 2. The molecule has 5 heteroatoms. The summed E-state index contributed by atoms with van der Waals surface area (Å²) in [6, 6.07) is 23.4. The molecule has 1 amide bonds. The Balaban J connectivity index is 1.32. The standard InChI is InChI=1S/C26H26N2O3/c1-3-20-6-12-23(13-7-20)30-18-24-14-15-25(31-24)26(29)27-19(2)21-8-10-22(11-9-21)28-16-4-5-17-28/h4-17,19H,3,18H2,1-2H3,(H,27,29). The van der Waals surface area contributed by atoms with Crippen LogP contribution >= 0.6 is 0 Å². The number of carbonyl (C=O) groups is 1. The van der Waals surface area contributed by atoms with Crippen LogP contribution in [0, 0.1) is 0 Å². The van der Waals surface area contributed by atoms with E-state index in [1.165, 1.54) is 5.56 Å². The van der Waals surface area contributed by atoms with Gasteiger partial charge in [0.1, 0.15) is 18.1 Å². The number of aromatic nitrogens is 1. The number of hydrogen-bond acceptors (Lipinski definition) is 3. The molecule has 0 saturated carbocycles. The number of rotatable bonds is 8. The van der Waals surface area contributed by atoms with Gasteiger partial charge in [-0.2, -0.15) is 0 Å². The maximum absolute atomic E-state index is 12.6. The van der Waals surface area contributed by atoms with Crippen molar-refractivity contribution in [3.8, 4) is 11.4 Å². The van der Waals surface area contributed by atoms with E-state index < -0.39 is 0 Å². The van der Waals surface area contributed by atoms with E-state index in [2.05, 4.69) is 12.2 Å². The number of nitrogens with zero attached hydrogens (tertiary/aromatic N) is 1. The fourth-order valence-electron chi connectivity index (χ4n) is 3.35. The van der Waals surface area contributed by atoms with Gasteiger partial charge < -0.3 is 19.0 Å². The van der Waals surface area contributed by atoms with Crippen molar-refractivity contribution in [3.05, 3.63) is 108 Å². The summed E-state index contributed by atoms with van der Waals surface area (Å²) in [5.74, 6) is 1.40. The van der Waals surface area contributed by atoms with E-state index in [9.17, 15) is 4.79 Å². The van der Waals surface area contributed by atoms with Crippen molar-refractivity contribution < 1.29 is 13.9 Å². The summed E-state index contributed by atoms with van der Waals surface area (Å²) in [6.07, 6.45) is 4.99. The Hall–Kier alpha value is -3.73. The van der Waals surface area contributed by atoms with E-state index in [1.807, 2.05) is 84.5 Å². The van der Waals surface area contributed by atoms with Crippen LogP contribution in [-0.2, 0) is 13.0 Å². The number of ether oxygens (including phenoxy) is 1. The molecule has 0 saturated heterocycles. The molecule has 0 spiro atoms. The van der Waals surface area contributed by atoms with Crippen LogP contribution in [0.4, 0.5) is 0 Å². The average molecular weight is 415 g/mol. The maximum Gasteiger partial charge on any atom is 0.287 e. The largest absolute Gasteiger partial charge is 0.486 e. The molecule has 158 valence electrons. The molecule has 0 bridgehead atoms. The number of carbonyl (C=O) groups excluding carboxylic acids is 1. The topological polar surface area (TPSA) is 56.4 Å². The van der Waals surface area contributed by atoms with Crippen molar-refractivity contribution >= 4 is 5.91 Å². The highest BCUT2D eigenvalue weighted by molar-refractivity contribution is 5.91. The number of nitrogens with one attached hydrogen (secondary N) is 1. The van der Waals surface area contributed by atoms with Crippen LogP contribution in [0.5, 0.6) is 5.75 Å². The predicted molar refractivity (Wildman–Crippen MR) is 121 cm³/mol. The molecule has 2 heterocycles. The number of amides is 1. The van der Waals surface area contributed by atoms with Gasteiger partial charge in [0.05, 0.1) is 6.04 Å². The van der Waals surface area contributed by atoms with Gasteiger partial charge >= 0.3 is 0 Å². The quantitative estimate of drug-likeness (QED) is 0.402. The summed E-state index contributed by atoms with van der Waals surface area (Å²) >= 11 is 0. The fourth-order valence-corrected chi connectivity index (χ4v) is 3.35. The zero-order valence-electron chi connectivity index (χ0n) is 17.7. The summed E-state index contributed by atoms with van der Waals surface area (Å²) in [7, 11) is 0. The third kappa shape index (κ3) is 5.07. The van der Waals surface area contributed by atoms with E-state index in [0.717, 1.165) is 23.4 Å². The van der Waals surface area contributed by atoms with E-state index in [-0.39, 0.29) is 24.3 Å². The first-order valence-corrected chi connectivity index (χ1v) is 10.5. The molecule has 0 aliphatic rings. The van der Waals surface area contributed by atoms with Crippen LogP contribution in [0.2, 0.25) is 0 Å². The molecule has 0 fully saturated rings. The Bertz CT molecular complexity index is 1110. The first-order valence-electron chi connectivity index (χ1n) is 10.5. The lowest BCUT2D eigenvalue weighted by atomic mass is 10.1. The third-order valence-electron chi connectivity index (χ3n) is 5.24. The highest BCUT2D eigenvalue weighted by atomic mass is 16.5. The van der Waals surface area contributed by atoms with Gasteiger partial charge in [0.25, 0.3) is 5.91 Å². The first-order chi connectivity index (χ1) is 15.1. The highest BCUT2D eigenvalue weighted by Crippen LogP contribution is 2.19. The predicted octanol–water partition coefficient (Wildman–Crippen LogP) is 5.70. The summed E-state index contributed by atoms with van der Waals surface area (Å²) in [6.45, 7) is 4.34. The monoisotopic (exact) mass is 414 g/mol. The second-order valence-electron chi connectivity index (χ2n) is 7.43. The maximum atomic E-state index is 12.6. The van der Waals surface area contributed by atoms with Gasteiger partial charge in [-0.05, 0) is 73.0 Å². The number of furan rings is 1. The van der Waals surface area contributed by atoms with E-state index >= 15 is 0 Å². The van der Waals surface area contributed by atoms with Crippen LogP contribution in [0.3, 0.4) is 0 Å². The Morgan fingerprint density at radius 2 is 1.71 bits per heavy atom. The van der Waals surface area contributed by atoms with Crippen LogP contribution in [-0.4, -0.2) is 10.5 Å². The third-order valence-corrected chi connectivity index (χ3v) is 5.24. The lowest BCUT2D eigenvalue weighted by Crippen LogP contribution is -2.26. The smallest absolute Gasteiger partial charge is 0.287 e. The normalized spacial score (nSPS) is 11.8. The lowest BCUT2D eigenvalue weighted by molar-refractivity contribution is 0.0907. The van der Waals surface area contributed by atoms with Crippen LogP contribution in [0.15, 0.2) is 89.6 Å². The molecular formula is C26H26N2O3. The van der Waals surface area contributed by atoms with E-state index in [4.69, 9.17) is 9.15 Å². The molecule has 4 rings (SSSR count). The minimum Gasteiger partial charge on any atom is -0.486 e. The van der Waals surface area contributed by atoms with Crippen LogP contribution < -0.4 is 10.1 Å². The molecular weight excluding hydrogens is 388 g/mol. The van der Waals surface area contributed by atoms with E-state index in [1.54, 1.807) is 12.1 Å². The van der Waals surface area contributed by atoms with Crippen LogP contribution in [0.1, 0.15) is 47.3 Å². The fraction of sp³-hybridized carbons (Fsp3) is 0.192. The van der Waals surface area contributed by atoms with Gasteiger partial charge in [-0.25, -0.2) is 0 Å². The molecule has 0 aliphatic carbocycles. The SMILES string of the molecule is CCc1ccc(OCc2ccc(C(=O)NC(C)c3ccc(-n4cccc4)cc3)o2)cc1. The average Bonchev–Trinajstić information content (AvgIpc) is 3.50. The van der Waals surface area contributed by atoms with Crippen molar-refractivity contribution in [1.82, 2.24) is 9.88 Å². The molecule has 2 aromatic heterocycles. The van der Waals surface area contributed by atoms with E-state index in [0.29, 0.717) is 5.76 Å². The van der Waals surface area contributed by atoms with Gasteiger partial charge in [0, 0.05) is 18.1 Å². The van der Waals surface area contributed by atoms with Gasteiger partial charge in [0.2, 0.25) is 0 Å². The molecule has 31 heavy (non-hydrogen) atoms. The van der Waals surface area contributed by atoms with Crippen molar-refractivity contribution in [3.63, 3.8) is 0 Å². The zero-order valence-corrected chi connectivity index (χ0v) is 17.7. The van der Waals surface area contributed by atoms with Gasteiger partial charge in [-0.3, -0.25) is 4.79 Å². The Kier molecular flexibility index (Phi) is 6.22. The zero-order chi connectivity index (χ0) is 21.6. The summed E-state index contributed by atoms with van der Waals surface area (Å²) in [5.41, 5.74) is 3.36. The second-order valence-corrected chi connectivity index (χ2v) is 7.43. The van der Waals surface area contributed by atoms with Crippen molar-refractivity contribution in [2.24, 2.45) is 0 Å². The first kappa shape index (κ1) is 20.5. The lowest BCUT2D eigenvalue weighted by Gasteiger charge is -2.14. The number of hydrogen-bond donors (Lipinski definition) is 1. The second kappa shape index (κ2) is 9.39. The Morgan fingerprint density at radius 3 is 2.39 bits per heavy atom. The Morgan fingerprint density at radius 1 is 1.00 bits per heavy atom. The number of aryl methyl sites for hydroxylation is 1. The van der Waals surface area contributed by atoms with Crippen molar-refractivity contribution in [1.29, 1.82) is 0 Å². The molecule has 0 aliphatic heterocycles. The molecule has 1 atom stereocenters. The highest BCUT2D eigenvalue weighted by Gasteiger charge is 2.15. The molecule has 4 aromatic rings. The minimum atomic E-state index is -0.250. The molecule has 1 unspecified atom stereocenters. The Labute approximate surface area is 182 Å². The molecule has 2 aromatic carbocycles. The van der Waals surface area contributed by atoms with Crippen molar-refractivity contribution in [2.45, 2.75) is 32.9 Å². The molecule has 5 nitrogen and oxygen atoms in total. The van der Waals surface area contributed by atoms with Gasteiger partial charge in [-0.15, -0.1) is 0 Å². The summed E-state index contributed by atoms with van der Waals surface area (Å²) in [5, 5.41) is 2.99. The van der Waals surface area contributed by atoms with Gasteiger partial charge in [-0.1, -0.05) is 31.2 Å². The summed E-state index contributed by atoms with van der Waals surface area (Å²) in [4.78, 5) is 12.6. The van der Waals surface area contributed by atoms with Gasteiger partial charge in [0.15, 0.2) is 5.76 Å². The minimum absolute atomic E-state index is 0.145. The van der Waals surface area contributed by atoms with Crippen molar-refractivity contribution in [2.75, 3.05) is 0 Å².